The molecule has 0 aliphatic heterocycles. The molecule has 106 valence electrons. The first-order chi connectivity index (χ1) is 9.63. The van der Waals surface area contributed by atoms with Crippen LogP contribution in [0.1, 0.15) is 17.2 Å². The summed E-state index contributed by atoms with van der Waals surface area (Å²) in [4.78, 5) is 0. The maximum absolute atomic E-state index is 9.57. The predicted molar refractivity (Wildman–Crippen MR) is 82.6 cm³/mol. The van der Waals surface area contributed by atoms with Crippen LogP contribution in [0, 0.1) is 6.92 Å². The topological polar surface area (TPSA) is 41.5 Å². The summed E-state index contributed by atoms with van der Waals surface area (Å²) in [6.45, 7) is 1.95. The number of hydrogen-bond donors (Lipinski definition) is 2. The summed E-state index contributed by atoms with van der Waals surface area (Å²) in [7, 11) is 1.63. The Bertz CT molecular complexity index is 569. The number of aryl methyl sites for hydroxylation is 1. The number of aliphatic hydroxyl groups excluding tert-OH is 1. The average molecular weight is 292 g/mol. The lowest BCUT2D eigenvalue weighted by atomic mass is 10.1. The van der Waals surface area contributed by atoms with Crippen LogP contribution in [-0.2, 0) is 0 Å². The minimum atomic E-state index is -0.193. The van der Waals surface area contributed by atoms with E-state index in [9.17, 15) is 5.11 Å². The third-order valence-corrected chi connectivity index (χ3v) is 3.62. The van der Waals surface area contributed by atoms with Crippen molar-refractivity contribution < 1.29 is 9.84 Å². The van der Waals surface area contributed by atoms with Gasteiger partial charge in [0.05, 0.1) is 19.8 Å². The predicted octanol–water partition coefficient (Wildman–Crippen LogP) is 3.80. The third-order valence-electron chi connectivity index (χ3n) is 3.21. The van der Waals surface area contributed by atoms with Crippen molar-refractivity contribution in [2.45, 2.75) is 13.0 Å². The molecular weight excluding hydrogens is 274 g/mol. The summed E-state index contributed by atoms with van der Waals surface area (Å²) >= 11 is 6.13. The van der Waals surface area contributed by atoms with Gasteiger partial charge in [0.25, 0.3) is 0 Å². The van der Waals surface area contributed by atoms with Crippen LogP contribution in [0.15, 0.2) is 42.5 Å². The van der Waals surface area contributed by atoms with E-state index < -0.39 is 0 Å². The van der Waals surface area contributed by atoms with Gasteiger partial charge in [-0.05, 0) is 48.4 Å². The van der Waals surface area contributed by atoms with Crippen LogP contribution in [0.2, 0.25) is 5.02 Å². The van der Waals surface area contributed by atoms with E-state index in [-0.39, 0.29) is 12.6 Å². The van der Waals surface area contributed by atoms with Gasteiger partial charge in [0, 0.05) is 10.7 Å². The molecule has 0 bridgehead atoms. The van der Waals surface area contributed by atoms with Crippen LogP contribution in [-0.4, -0.2) is 18.8 Å². The number of hydrogen-bond acceptors (Lipinski definition) is 3. The molecule has 4 heteroatoms. The summed E-state index contributed by atoms with van der Waals surface area (Å²) in [6.07, 6.45) is 0. The number of benzene rings is 2. The summed E-state index contributed by atoms with van der Waals surface area (Å²) < 4.78 is 5.12. The highest BCUT2D eigenvalue weighted by Crippen LogP contribution is 2.25. The van der Waals surface area contributed by atoms with Gasteiger partial charge in [-0.2, -0.15) is 0 Å². The minimum absolute atomic E-state index is 0.00851. The van der Waals surface area contributed by atoms with Gasteiger partial charge in [-0.3, -0.25) is 0 Å². The summed E-state index contributed by atoms with van der Waals surface area (Å²) in [5, 5.41) is 13.6. The number of halogens is 1. The molecule has 0 spiro atoms. The molecule has 2 rings (SSSR count). The third kappa shape index (κ3) is 3.44. The molecule has 1 atom stereocenters. The van der Waals surface area contributed by atoms with E-state index in [0.29, 0.717) is 5.02 Å². The van der Waals surface area contributed by atoms with Crippen LogP contribution in [0.25, 0.3) is 0 Å². The molecule has 3 nitrogen and oxygen atoms in total. The summed E-state index contributed by atoms with van der Waals surface area (Å²) in [5.74, 6) is 0.800. The first-order valence-corrected chi connectivity index (χ1v) is 6.79. The molecule has 0 saturated heterocycles. The minimum Gasteiger partial charge on any atom is -0.497 e. The molecule has 2 N–H and O–H groups in total. The van der Waals surface area contributed by atoms with E-state index in [4.69, 9.17) is 16.3 Å². The lowest BCUT2D eigenvalue weighted by Crippen LogP contribution is -2.14. The molecular formula is C16H18ClNO2. The highest BCUT2D eigenvalue weighted by molar-refractivity contribution is 6.31. The zero-order valence-corrected chi connectivity index (χ0v) is 12.3. The number of nitrogens with one attached hydrogen (secondary N) is 1. The highest BCUT2D eigenvalue weighted by Gasteiger charge is 2.11. The number of anilines is 1. The zero-order valence-electron chi connectivity index (χ0n) is 11.6. The Kier molecular flexibility index (Phi) is 4.88. The fraction of sp³-hybridized carbons (Fsp3) is 0.250. The number of ether oxygens (including phenoxy) is 1. The van der Waals surface area contributed by atoms with Gasteiger partial charge in [0.15, 0.2) is 0 Å². The van der Waals surface area contributed by atoms with Crippen LogP contribution in [0.3, 0.4) is 0 Å². The monoisotopic (exact) mass is 291 g/mol. The quantitative estimate of drug-likeness (QED) is 0.880. The Morgan fingerprint density at radius 1 is 1.20 bits per heavy atom. The van der Waals surface area contributed by atoms with E-state index in [1.54, 1.807) is 7.11 Å². The fourth-order valence-corrected chi connectivity index (χ4v) is 2.14. The van der Waals surface area contributed by atoms with Gasteiger partial charge in [0.1, 0.15) is 5.75 Å². The molecule has 20 heavy (non-hydrogen) atoms. The Labute approximate surface area is 124 Å². The van der Waals surface area contributed by atoms with Crippen LogP contribution in [0.5, 0.6) is 5.75 Å². The van der Waals surface area contributed by atoms with Crippen molar-refractivity contribution in [3.8, 4) is 5.75 Å². The van der Waals surface area contributed by atoms with E-state index in [2.05, 4.69) is 5.32 Å². The van der Waals surface area contributed by atoms with Gasteiger partial charge in [-0.1, -0.05) is 23.7 Å². The number of methoxy groups -OCH3 is 1. The second-order valence-corrected chi connectivity index (χ2v) is 5.02. The molecule has 0 aromatic heterocycles. The zero-order chi connectivity index (χ0) is 14.5. The van der Waals surface area contributed by atoms with Crippen LogP contribution < -0.4 is 10.1 Å². The van der Waals surface area contributed by atoms with Crippen molar-refractivity contribution in [1.82, 2.24) is 0 Å². The molecule has 0 heterocycles. The molecule has 2 aromatic carbocycles. The van der Waals surface area contributed by atoms with Gasteiger partial charge >= 0.3 is 0 Å². The van der Waals surface area contributed by atoms with Crippen molar-refractivity contribution in [2.75, 3.05) is 19.0 Å². The first-order valence-electron chi connectivity index (χ1n) is 6.41. The van der Waals surface area contributed by atoms with Crippen molar-refractivity contribution in [3.05, 3.63) is 58.6 Å². The molecule has 2 aromatic rings. The van der Waals surface area contributed by atoms with E-state index in [1.807, 2.05) is 49.4 Å². The van der Waals surface area contributed by atoms with Gasteiger partial charge in [-0.25, -0.2) is 0 Å². The van der Waals surface area contributed by atoms with Crippen LogP contribution in [0.4, 0.5) is 5.69 Å². The Hall–Kier alpha value is -1.71. The maximum atomic E-state index is 9.57. The van der Waals surface area contributed by atoms with Gasteiger partial charge in [0.2, 0.25) is 0 Å². The number of aliphatic hydroxyl groups is 1. The van der Waals surface area contributed by atoms with E-state index in [1.165, 1.54) is 0 Å². The molecule has 0 aliphatic carbocycles. The molecule has 0 radical (unpaired) electrons. The smallest absolute Gasteiger partial charge is 0.119 e. The largest absolute Gasteiger partial charge is 0.497 e. The Balaban J connectivity index is 2.16. The fourth-order valence-electron chi connectivity index (χ4n) is 1.95. The Morgan fingerprint density at radius 3 is 2.45 bits per heavy atom. The molecule has 1 unspecified atom stereocenters. The highest BCUT2D eigenvalue weighted by atomic mass is 35.5. The van der Waals surface area contributed by atoms with Gasteiger partial charge in [-0.15, -0.1) is 0 Å². The summed E-state index contributed by atoms with van der Waals surface area (Å²) in [6, 6.07) is 13.2. The lowest BCUT2D eigenvalue weighted by Gasteiger charge is -2.19. The SMILES string of the molecule is COc1ccc(NC(CO)c2ccc(C)c(Cl)c2)cc1. The average Bonchev–Trinajstić information content (AvgIpc) is 2.48. The second kappa shape index (κ2) is 6.64. The lowest BCUT2D eigenvalue weighted by molar-refractivity contribution is 0.276. The van der Waals surface area contributed by atoms with Crippen molar-refractivity contribution in [2.24, 2.45) is 0 Å². The normalized spacial score (nSPS) is 12.0. The first kappa shape index (κ1) is 14.7. The van der Waals surface area contributed by atoms with Crippen molar-refractivity contribution in [1.29, 1.82) is 0 Å². The van der Waals surface area contributed by atoms with Gasteiger partial charge < -0.3 is 15.2 Å². The van der Waals surface area contributed by atoms with Crippen molar-refractivity contribution in [3.63, 3.8) is 0 Å². The molecule has 0 saturated carbocycles. The second-order valence-electron chi connectivity index (χ2n) is 4.62. The molecule has 0 fully saturated rings. The van der Waals surface area contributed by atoms with Crippen LogP contribution >= 0.6 is 11.6 Å². The van der Waals surface area contributed by atoms with E-state index >= 15 is 0 Å². The van der Waals surface area contributed by atoms with Crippen molar-refractivity contribution >= 4 is 17.3 Å². The summed E-state index contributed by atoms with van der Waals surface area (Å²) in [5.41, 5.74) is 2.90. The standard InChI is InChI=1S/C16H18ClNO2/c1-11-3-4-12(9-15(11)17)16(10-19)18-13-5-7-14(20-2)8-6-13/h3-9,16,18-19H,10H2,1-2H3. The maximum Gasteiger partial charge on any atom is 0.119 e. The molecule has 0 aliphatic rings. The number of rotatable bonds is 5. The molecule has 0 amide bonds. The van der Waals surface area contributed by atoms with E-state index in [0.717, 1.165) is 22.6 Å². The Morgan fingerprint density at radius 2 is 1.90 bits per heavy atom.